The molecule has 148 valence electrons. The Hall–Kier alpha value is -3.18. The van der Waals surface area contributed by atoms with Gasteiger partial charge in [-0.25, -0.2) is 4.39 Å². The van der Waals surface area contributed by atoms with E-state index in [1.54, 1.807) is 24.4 Å². The minimum atomic E-state index is -0.687. The zero-order valence-electron chi connectivity index (χ0n) is 16.2. The molecule has 2 aromatic carbocycles. The Morgan fingerprint density at radius 1 is 1.24 bits per heavy atom. The zero-order chi connectivity index (χ0) is 21.0. The fourth-order valence-electron chi connectivity index (χ4n) is 3.03. The summed E-state index contributed by atoms with van der Waals surface area (Å²) < 4.78 is 13.6. The molecule has 0 fully saturated rings. The fraction of sp³-hybridized carbons (Fsp3) is 0.130. The predicted molar refractivity (Wildman–Crippen MR) is 117 cm³/mol. The molecule has 3 rings (SSSR count). The van der Waals surface area contributed by atoms with Gasteiger partial charge in [0.2, 0.25) is 0 Å². The highest BCUT2D eigenvalue weighted by Gasteiger charge is 2.22. The van der Waals surface area contributed by atoms with E-state index in [2.05, 4.69) is 16.9 Å². The van der Waals surface area contributed by atoms with E-state index >= 15 is 0 Å². The van der Waals surface area contributed by atoms with Crippen molar-refractivity contribution in [3.05, 3.63) is 95.1 Å². The first-order valence-electron chi connectivity index (χ1n) is 9.02. The molecule has 0 amide bonds. The van der Waals surface area contributed by atoms with E-state index in [1.165, 1.54) is 18.3 Å². The molecule has 0 aliphatic rings. The second-order valence-electron chi connectivity index (χ2n) is 6.73. The average Bonchev–Trinajstić information content (AvgIpc) is 2.67. The third-order valence-electron chi connectivity index (χ3n) is 4.27. The van der Waals surface area contributed by atoms with Crippen molar-refractivity contribution in [2.45, 2.75) is 19.9 Å². The van der Waals surface area contributed by atoms with Gasteiger partial charge in [-0.2, -0.15) is 0 Å². The Kier molecular flexibility index (Phi) is 6.29. The first-order chi connectivity index (χ1) is 13.9. The molecule has 6 heteroatoms. The van der Waals surface area contributed by atoms with Crippen LogP contribution in [0, 0.1) is 5.82 Å². The van der Waals surface area contributed by atoms with Gasteiger partial charge in [-0.3, -0.25) is 9.98 Å². The molecule has 1 aromatic heterocycles. The van der Waals surface area contributed by atoms with E-state index in [4.69, 9.17) is 16.6 Å². The maximum Gasteiger partial charge on any atom is 0.147 e. The molecule has 1 unspecified atom stereocenters. The Labute approximate surface area is 174 Å². The van der Waals surface area contributed by atoms with Crippen LogP contribution < -0.4 is 5.32 Å². The highest BCUT2D eigenvalue weighted by molar-refractivity contribution is 6.31. The molecule has 0 saturated heterocycles. The minimum absolute atomic E-state index is 0.00685. The third kappa shape index (κ3) is 4.63. The number of halogens is 2. The van der Waals surface area contributed by atoms with Crippen molar-refractivity contribution in [2.75, 3.05) is 0 Å². The van der Waals surface area contributed by atoms with E-state index in [9.17, 15) is 9.50 Å². The first-order valence-corrected chi connectivity index (χ1v) is 9.40. The molecule has 1 atom stereocenters. The van der Waals surface area contributed by atoms with Crippen molar-refractivity contribution in [1.29, 1.82) is 0 Å². The highest BCUT2D eigenvalue weighted by atomic mass is 35.5. The fourth-order valence-corrected chi connectivity index (χ4v) is 3.30. The summed E-state index contributed by atoms with van der Waals surface area (Å²) in [4.78, 5) is 9.05. The maximum atomic E-state index is 13.6. The van der Waals surface area contributed by atoms with Crippen LogP contribution in [0.2, 0.25) is 5.02 Å². The summed E-state index contributed by atoms with van der Waals surface area (Å²) in [5.74, 6) is 0.0953. The zero-order valence-corrected chi connectivity index (χ0v) is 16.9. The summed E-state index contributed by atoms with van der Waals surface area (Å²) in [6, 6.07) is 10.7. The van der Waals surface area contributed by atoms with Gasteiger partial charge in [0, 0.05) is 27.7 Å². The lowest BCUT2D eigenvalue weighted by atomic mass is 9.96. The lowest BCUT2D eigenvalue weighted by Gasteiger charge is -2.19. The molecule has 0 saturated carbocycles. The smallest absolute Gasteiger partial charge is 0.147 e. The number of rotatable bonds is 5. The number of benzene rings is 2. The standard InChI is InChI=1S/C23H21ClFN3O/c1-4-26-20(12-14(2)3)28-22(17-10-8-16(25)13-19(17)24)18-9-7-15-6-5-11-27-21(15)23(18)29/h4-13,22,29H,1H2,2-3H3,(H,26,28). The topological polar surface area (TPSA) is 57.5 Å². The normalized spacial score (nSPS) is 12.5. The second kappa shape index (κ2) is 8.88. The third-order valence-corrected chi connectivity index (χ3v) is 4.60. The molecule has 0 aliphatic carbocycles. The number of aromatic nitrogens is 1. The molecule has 0 spiro atoms. The largest absolute Gasteiger partial charge is 0.505 e. The Morgan fingerprint density at radius 3 is 2.69 bits per heavy atom. The van der Waals surface area contributed by atoms with Gasteiger partial charge in [0.25, 0.3) is 0 Å². The van der Waals surface area contributed by atoms with Crippen molar-refractivity contribution in [1.82, 2.24) is 10.3 Å². The van der Waals surface area contributed by atoms with Gasteiger partial charge < -0.3 is 10.4 Å². The minimum Gasteiger partial charge on any atom is -0.505 e. The molecular formula is C23H21ClFN3O. The monoisotopic (exact) mass is 409 g/mol. The van der Waals surface area contributed by atoms with Crippen LogP contribution >= 0.6 is 11.6 Å². The number of phenolic OH excluding ortho intramolecular Hbond substituents is 1. The predicted octanol–water partition coefficient (Wildman–Crippen LogP) is 5.92. The summed E-state index contributed by atoms with van der Waals surface area (Å²) in [7, 11) is 0. The summed E-state index contributed by atoms with van der Waals surface area (Å²) in [6.45, 7) is 7.58. The van der Waals surface area contributed by atoms with E-state index in [0.29, 0.717) is 22.5 Å². The van der Waals surface area contributed by atoms with Gasteiger partial charge in [0.1, 0.15) is 29.0 Å². The number of amidine groups is 1. The SMILES string of the molecule is C=CNC(C=C(C)C)=NC(c1ccc(F)cc1Cl)c1ccc2cccnc2c1O. The highest BCUT2D eigenvalue weighted by Crippen LogP contribution is 2.39. The molecule has 0 radical (unpaired) electrons. The number of aromatic hydroxyl groups is 1. The molecule has 2 N–H and O–H groups in total. The van der Waals surface area contributed by atoms with Gasteiger partial charge in [0.05, 0.1) is 0 Å². The van der Waals surface area contributed by atoms with Crippen LogP contribution in [0.5, 0.6) is 5.75 Å². The van der Waals surface area contributed by atoms with Gasteiger partial charge in [-0.1, -0.05) is 48.0 Å². The van der Waals surface area contributed by atoms with Crippen LogP contribution in [0.25, 0.3) is 10.9 Å². The van der Waals surface area contributed by atoms with Gasteiger partial charge in [-0.15, -0.1) is 0 Å². The molecule has 1 heterocycles. The van der Waals surface area contributed by atoms with Gasteiger partial charge in [-0.05, 0) is 44.3 Å². The number of aliphatic imine (C=N–C) groups is 1. The van der Waals surface area contributed by atoms with Crippen LogP contribution in [-0.2, 0) is 0 Å². The van der Waals surface area contributed by atoms with Crippen molar-refractivity contribution < 1.29 is 9.50 Å². The van der Waals surface area contributed by atoms with Crippen LogP contribution in [0.15, 0.2) is 78.1 Å². The number of hydrogen-bond acceptors (Lipinski definition) is 3. The second-order valence-corrected chi connectivity index (χ2v) is 7.14. The quantitative estimate of drug-likeness (QED) is 0.406. The number of allylic oxidation sites excluding steroid dienone is 1. The number of fused-ring (bicyclic) bond motifs is 1. The first kappa shape index (κ1) is 20.6. The number of phenols is 1. The molecule has 0 bridgehead atoms. The molecule has 0 aliphatic heterocycles. The number of pyridine rings is 1. The number of nitrogens with zero attached hydrogens (tertiary/aromatic N) is 2. The van der Waals surface area contributed by atoms with Crippen LogP contribution in [-0.4, -0.2) is 15.9 Å². The average molecular weight is 410 g/mol. The van der Waals surface area contributed by atoms with E-state index in [0.717, 1.165) is 11.0 Å². The van der Waals surface area contributed by atoms with E-state index in [1.807, 2.05) is 32.1 Å². The summed E-state index contributed by atoms with van der Waals surface area (Å²) in [5, 5.41) is 15.0. The maximum absolute atomic E-state index is 13.6. The van der Waals surface area contributed by atoms with Crippen LogP contribution in [0.4, 0.5) is 4.39 Å². The van der Waals surface area contributed by atoms with E-state index in [-0.39, 0.29) is 10.8 Å². The van der Waals surface area contributed by atoms with Crippen molar-refractivity contribution in [3.63, 3.8) is 0 Å². The number of nitrogens with one attached hydrogen (secondary N) is 1. The van der Waals surface area contributed by atoms with Crippen LogP contribution in [0.3, 0.4) is 0 Å². The molecule has 29 heavy (non-hydrogen) atoms. The van der Waals surface area contributed by atoms with Crippen LogP contribution in [0.1, 0.15) is 31.0 Å². The molecule has 3 aromatic rings. The van der Waals surface area contributed by atoms with Crippen molar-refractivity contribution in [3.8, 4) is 5.75 Å². The summed E-state index contributed by atoms with van der Waals surface area (Å²) in [6.07, 6.45) is 4.98. The van der Waals surface area contributed by atoms with Crippen molar-refractivity contribution >= 4 is 28.3 Å². The summed E-state index contributed by atoms with van der Waals surface area (Å²) in [5.41, 5.74) is 2.55. The van der Waals surface area contributed by atoms with Crippen molar-refractivity contribution in [2.24, 2.45) is 4.99 Å². The summed E-state index contributed by atoms with van der Waals surface area (Å²) >= 11 is 6.35. The number of hydrogen-bond donors (Lipinski definition) is 2. The Balaban J connectivity index is 2.27. The molecule has 4 nitrogen and oxygen atoms in total. The molecular weight excluding hydrogens is 389 g/mol. The van der Waals surface area contributed by atoms with Gasteiger partial charge in [0.15, 0.2) is 0 Å². The van der Waals surface area contributed by atoms with E-state index < -0.39 is 11.9 Å². The lowest BCUT2D eigenvalue weighted by Crippen LogP contribution is -2.17. The van der Waals surface area contributed by atoms with Gasteiger partial charge >= 0.3 is 0 Å². The Bertz CT molecular complexity index is 1120. The lowest BCUT2D eigenvalue weighted by molar-refractivity contribution is 0.470. The Morgan fingerprint density at radius 2 is 2.00 bits per heavy atom.